The number of hydrogen-bond acceptors (Lipinski definition) is 3. The summed E-state index contributed by atoms with van der Waals surface area (Å²) >= 11 is 7.40. The molecule has 2 aromatic carbocycles. The lowest BCUT2D eigenvalue weighted by Crippen LogP contribution is -1.89. The molecule has 0 radical (unpaired) electrons. The smallest absolute Gasteiger partial charge is 0.166 e. The number of nitrogens with one attached hydrogen (secondary N) is 1. The average Bonchev–Trinajstić information content (AvgIpc) is 2.80. The van der Waals surface area contributed by atoms with Crippen molar-refractivity contribution in [2.24, 2.45) is 0 Å². The van der Waals surface area contributed by atoms with Gasteiger partial charge in [-0.25, -0.2) is 9.37 Å². The molecule has 6 heteroatoms. The Labute approximate surface area is 124 Å². The number of nitrogen functional groups attached to an aromatic ring is 1. The molecule has 0 atom stereocenters. The molecular formula is C14H11ClFN3S. The minimum absolute atomic E-state index is 0.301. The lowest BCUT2D eigenvalue weighted by molar-refractivity contribution is 0.617. The van der Waals surface area contributed by atoms with E-state index in [4.69, 9.17) is 17.3 Å². The van der Waals surface area contributed by atoms with E-state index in [9.17, 15) is 4.39 Å². The van der Waals surface area contributed by atoms with Crippen LogP contribution in [0.15, 0.2) is 41.6 Å². The normalized spacial score (nSPS) is 11.1. The molecule has 0 saturated heterocycles. The van der Waals surface area contributed by atoms with Crippen LogP contribution in [0.4, 0.5) is 10.1 Å². The van der Waals surface area contributed by atoms with Crippen molar-refractivity contribution in [2.75, 3.05) is 5.73 Å². The number of aromatic amines is 1. The number of nitrogens with zero attached hydrogens (tertiary/aromatic N) is 1. The van der Waals surface area contributed by atoms with Gasteiger partial charge in [-0.1, -0.05) is 29.4 Å². The highest BCUT2D eigenvalue weighted by Gasteiger charge is 2.09. The molecular weight excluding hydrogens is 297 g/mol. The summed E-state index contributed by atoms with van der Waals surface area (Å²) in [5.74, 6) is 0.117. The summed E-state index contributed by atoms with van der Waals surface area (Å²) in [6, 6.07) is 10.1. The lowest BCUT2D eigenvalue weighted by Gasteiger charge is -2.03. The molecule has 0 fully saturated rings. The molecule has 0 aliphatic heterocycles. The fraction of sp³-hybridized carbons (Fsp3) is 0.0714. The Morgan fingerprint density at radius 3 is 2.95 bits per heavy atom. The Morgan fingerprint density at radius 1 is 1.30 bits per heavy atom. The minimum Gasteiger partial charge on any atom is -0.399 e. The number of fused-ring (bicyclic) bond motifs is 1. The van der Waals surface area contributed by atoms with Gasteiger partial charge in [0, 0.05) is 22.0 Å². The molecule has 0 bridgehead atoms. The van der Waals surface area contributed by atoms with Gasteiger partial charge in [-0.3, -0.25) is 0 Å². The predicted octanol–water partition coefficient (Wildman–Crippen LogP) is 4.23. The van der Waals surface area contributed by atoms with Gasteiger partial charge in [-0.05, 0) is 30.3 Å². The van der Waals surface area contributed by atoms with Crippen molar-refractivity contribution in [3.8, 4) is 0 Å². The van der Waals surface area contributed by atoms with Gasteiger partial charge >= 0.3 is 0 Å². The van der Waals surface area contributed by atoms with Gasteiger partial charge in [0.2, 0.25) is 0 Å². The first kappa shape index (κ1) is 13.3. The van der Waals surface area contributed by atoms with Crippen LogP contribution in [-0.2, 0) is 5.75 Å². The second-order valence-electron chi connectivity index (χ2n) is 4.31. The van der Waals surface area contributed by atoms with Crippen molar-refractivity contribution in [3.05, 3.63) is 52.8 Å². The number of aromatic nitrogens is 2. The molecule has 3 rings (SSSR count). The summed E-state index contributed by atoms with van der Waals surface area (Å²) in [4.78, 5) is 7.57. The van der Waals surface area contributed by atoms with Crippen LogP contribution < -0.4 is 5.73 Å². The summed E-state index contributed by atoms with van der Waals surface area (Å²) in [6.07, 6.45) is 0. The summed E-state index contributed by atoms with van der Waals surface area (Å²) in [5, 5.41) is 1.14. The van der Waals surface area contributed by atoms with Gasteiger partial charge in [0.25, 0.3) is 0 Å². The van der Waals surface area contributed by atoms with Crippen LogP contribution in [0.5, 0.6) is 0 Å². The molecule has 0 aliphatic rings. The SMILES string of the molecule is Nc1ccc2nc(SCc3c(F)cccc3Cl)[nH]c2c1. The summed E-state index contributed by atoms with van der Waals surface area (Å²) in [5.41, 5.74) is 8.58. The number of nitrogens with two attached hydrogens (primary N) is 1. The number of thioether (sulfide) groups is 1. The minimum atomic E-state index is -0.301. The number of benzene rings is 2. The molecule has 3 N–H and O–H groups in total. The standard InChI is InChI=1S/C14H11ClFN3S/c15-10-2-1-3-11(16)9(10)7-20-14-18-12-5-4-8(17)6-13(12)19-14/h1-6H,7,17H2,(H,18,19). The van der Waals surface area contributed by atoms with E-state index in [1.165, 1.54) is 17.8 Å². The van der Waals surface area contributed by atoms with Crippen molar-refractivity contribution in [1.82, 2.24) is 9.97 Å². The van der Waals surface area contributed by atoms with E-state index < -0.39 is 0 Å². The van der Waals surface area contributed by atoms with Gasteiger partial charge in [-0.2, -0.15) is 0 Å². The second kappa shape index (κ2) is 5.34. The third kappa shape index (κ3) is 2.59. The highest BCUT2D eigenvalue weighted by Crippen LogP contribution is 2.28. The van der Waals surface area contributed by atoms with Crippen molar-refractivity contribution in [1.29, 1.82) is 0 Å². The van der Waals surface area contributed by atoms with Gasteiger partial charge in [0.15, 0.2) is 5.16 Å². The molecule has 20 heavy (non-hydrogen) atoms. The number of H-pyrrole nitrogens is 1. The number of hydrogen-bond donors (Lipinski definition) is 2. The van der Waals surface area contributed by atoms with E-state index in [0.29, 0.717) is 27.2 Å². The zero-order chi connectivity index (χ0) is 14.1. The van der Waals surface area contributed by atoms with Gasteiger partial charge in [0.05, 0.1) is 11.0 Å². The Morgan fingerprint density at radius 2 is 2.15 bits per heavy atom. The summed E-state index contributed by atoms with van der Waals surface area (Å²) in [6.45, 7) is 0. The molecule has 0 amide bonds. The third-order valence-corrected chi connectivity index (χ3v) is 4.15. The van der Waals surface area contributed by atoms with E-state index in [-0.39, 0.29) is 5.82 Å². The van der Waals surface area contributed by atoms with Crippen LogP contribution >= 0.6 is 23.4 Å². The van der Waals surface area contributed by atoms with E-state index in [0.717, 1.165) is 11.0 Å². The first-order valence-corrected chi connectivity index (χ1v) is 7.31. The number of rotatable bonds is 3. The van der Waals surface area contributed by atoms with Crippen LogP contribution in [0, 0.1) is 5.82 Å². The number of anilines is 1. The fourth-order valence-electron chi connectivity index (χ4n) is 1.88. The zero-order valence-electron chi connectivity index (χ0n) is 10.4. The van der Waals surface area contributed by atoms with Gasteiger partial charge in [0.1, 0.15) is 5.82 Å². The van der Waals surface area contributed by atoms with E-state index in [2.05, 4.69) is 9.97 Å². The highest BCUT2D eigenvalue weighted by molar-refractivity contribution is 7.98. The van der Waals surface area contributed by atoms with Gasteiger partial charge < -0.3 is 10.7 Å². The molecule has 0 saturated carbocycles. The topological polar surface area (TPSA) is 54.7 Å². The fourth-order valence-corrected chi connectivity index (χ4v) is 3.11. The molecule has 3 nitrogen and oxygen atoms in total. The van der Waals surface area contributed by atoms with Crippen LogP contribution in [0.2, 0.25) is 5.02 Å². The average molecular weight is 308 g/mol. The first-order valence-electron chi connectivity index (χ1n) is 5.94. The van der Waals surface area contributed by atoms with Crippen molar-refractivity contribution >= 4 is 40.1 Å². The molecule has 0 spiro atoms. The maximum atomic E-state index is 13.7. The molecule has 1 heterocycles. The van der Waals surface area contributed by atoms with Crippen molar-refractivity contribution in [2.45, 2.75) is 10.9 Å². The van der Waals surface area contributed by atoms with Gasteiger partial charge in [-0.15, -0.1) is 0 Å². The molecule has 0 unspecified atom stereocenters. The maximum absolute atomic E-state index is 13.7. The highest BCUT2D eigenvalue weighted by atomic mass is 35.5. The summed E-state index contributed by atoms with van der Waals surface area (Å²) < 4.78 is 13.7. The van der Waals surface area contributed by atoms with Crippen molar-refractivity contribution < 1.29 is 4.39 Å². The molecule has 0 aliphatic carbocycles. The van der Waals surface area contributed by atoms with Crippen LogP contribution in [0.3, 0.4) is 0 Å². The van der Waals surface area contributed by atoms with Crippen LogP contribution in [0.25, 0.3) is 11.0 Å². The molecule has 1 aromatic heterocycles. The number of imidazole rings is 1. The Balaban J connectivity index is 1.83. The predicted molar refractivity (Wildman–Crippen MR) is 81.5 cm³/mol. The maximum Gasteiger partial charge on any atom is 0.166 e. The Kier molecular flexibility index (Phi) is 3.54. The zero-order valence-corrected chi connectivity index (χ0v) is 11.9. The largest absolute Gasteiger partial charge is 0.399 e. The Hall–Kier alpha value is -1.72. The van der Waals surface area contributed by atoms with E-state index in [1.54, 1.807) is 18.2 Å². The lowest BCUT2D eigenvalue weighted by atomic mass is 10.2. The van der Waals surface area contributed by atoms with Crippen LogP contribution in [-0.4, -0.2) is 9.97 Å². The molecule has 102 valence electrons. The summed E-state index contributed by atoms with van der Waals surface area (Å²) in [7, 11) is 0. The number of halogens is 2. The Bertz CT molecular complexity index is 752. The second-order valence-corrected chi connectivity index (χ2v) is 5.68. The first-order chi connectivity index (χ1) is 9.63. The van der Waals surface area contributed by atoms with Crippen molar-refractivity contribution in [3.63, 3.8) is 0 Å². The molecule has 3 aromatic rings. The third-order valence-electron chi connectivity index (χ3n) is 2.90. The van der Waals surface area contributed by atoms with E-state index >= 15 is 0 Å². The quantitative estimate of drug-likeness (QED) is 0.562. The van der Waals surface area contributed by atoms with E-state index in [1.807, 2.05) is 12.1 Å². The van der Waals surface area contributed by atoms with Crippen LogP contribution in [0.1, 0.15) is 5.56 Å². The monoisotopic (exact) mass is 307 g/mol.